The first kappa shape index (κ1) is 17.9. The minimum absolute atomic E-state index is 0.0524. The highest BCUT2D eigenvalue weighted by Gasteiger charge is 2.13. The van der Waals surface area contributed by atoms with Crippen LogP contribution in [0.4, 0.5) is 5.69 Å². The van der Waals surface area contributed by atoms with Crippen LogP contribution in [0.25, 0.3) is 6.08 Å². The summed E-state index contributed by atoms with van der Waals surface area (Å²) in [6, 6.07) is 11.4. The zero-order valence-corrected chi connectivity index (χ0v) is 14.9. The first-order chi connectivity index (χ1) is 11.4. The molecular formula is C17H12BrClN2O3. The summed E-state index contributed by atoms with van der Waals surface area (Å²) < 4.78 is 5.54. The maximum Gasteiger partial charge on any atom is 0.266 e. The maximum absolute atomic E-state index is 12.3. The van der Waals surface area contributed by atoms with Gasteiger partial charge in [0.05, 0.1) is 7.11 Å². The van der Waals surface area contributed by atoms with Crippen molar-refractivity contribution in [3.8, 4) is 17.6 Å². The van der Waals surface area contributed by atoms with Crippen molar-refractivity contribution in [3.63, 3.8) is 0 Å². The van der Waals surface area contributed by atoms with Crippen LogP contribution in [0.2, 0.25) is 5.02 Å². The van der Waals surface area contributed by atoms with Crippen molar-refractivity contribution in [1.29, 1.82) is 5.26 Å². The number of ether oxygens (including phenoxy) is 1. The molecule has 0 aromatic heterocycles. The molecule has 0 fully saturated rings. The Morgan fingerprint density at radius 2 is 2.17 bits per heavy atom. The lowest BCUT2D eigenvalue weighted by molar-refractivity contribution is -0.112. The molecule has 0 bridgehead atoms. The van der Waals surface area contributed by atoms with E-state index < -0.39 is 5.91 Å². The molecule has 0 atom stereocenters. The lowest BCUT2D eigenvalue weighted by Gasteiger charge is -2.08. The molecule has 0 heterocycles. The number of nitrogens with one attached hydrogen (secondary N) is 1. The first-order valence-electron chi connectivity index (χ1n) is 6.70. The van der Waals surface area contributed by atoms with Crippen LogP contribution in [-0.2, 0) is 4.79 Å². The van der Waals surface area contributed by atoms with Crippen LogP contribution < -0.4 is 10.1 Å². The molecule has 2 N–H and O–H groups in total. The molecule has 122 valence electrons. The number of methoxy groups -OCH3 is 1. The Hall–Kier alpha value is -2.49. The lowest BCUT2D eigenvalue weighted by atomic mass is 10.1. The number of hydrogen-bond donors (Lipinski definition) is 2. The van der Waals surface area contributed by atoms with Crippen molar-refractivity contribution in [2.45, 2.75) is 0 Å². The number of nitrogens with zero attached hydrogens (tertiary/aromatic N) is 1. The molecule has 2 aromatic rings. The van der Waals surface area contributed by atoms with Crippen molar-refractivity contribution in [1.82, 2.24) is 0 Å². The number of amides is 1. The molecule has 5 nitrogen and oxygen atoms in total. The molecule has 0 spiro atoms. The second kappa shape index (κ2) is 7.86. The number of halogens is 2. The molecule has 0 saturated carbocycles. The average Bonchev–Trinajstić information content (AvgIpc) is 2.54. The average molecular weight is 408 g/mol. The zero-order chi connectivity index (χ0) is 17.7. The normalized spacial score (nSPS) is 10.8. The predicted molar refractivity (Wildman–Crippen MR) is 96.0 cm³/mol. The van der Waals surface area contributed by atoms with Gasteiger partial charge in [-0.15, -0.1) is 0 Å². The summed E-state index contributed by atoms with van der Waals surface area (Å²) in [5.74, 6) is -0.390. The molecule has 0 saturated heterocycles. The van der Waals surface area contributed by atoms with E-state index >= 15 is 0 Å². The van der Waals surface area contributed by atoms with Gasteiger partial charge in [0.25, 0.3) is 5.91 Å². The van der Waals surface area contributed by atoms with Gasteiger partial charge in [-0.25, -0.2) is 0 Å². The van der Waals surface area contributed by atoms with E-state index in [1.165, 1.54) is 25.3 Å². The zero-order valence-electron chi connectivity index (χ0n) is 12.5. The van der Waals surface area contributed by atoms with Crippen molar-refractivity contribution in [3.05, 3.63) is 57.0 Å². The van der Waals surface area contributed by atoms with Crippen LogP contribution in [0, 0.1) is 11.3 Å². The molecule has 2 rings (SSSR count). The van der Waals surface area contributed by atoms with Crippen LogP contribution in [0.3, 0.4) is 0 Å². The SMILES string of the molecule is COc1cc(/C=C(\C#N)C(=O)Nc2cccc(Cl)c2)c(Br)cc1O. The Kier molecular flexibility index (Phi) is 5.85. The third-order valence-electron chi connectivity index (χ3n) is 3.05. The second-order valence-electron chi connectivity index (χ2n) is 4.68. The van der Waals surface area contributed by atoms with Crippen molar-refractivity contribution in [2.75, 3.05) is 12.4 Å². The van der Waals surface area contributed by atoms with Gasteiger partial charge in [-0.3, -0.25) is 4.79 Å². The summed E-state index contributed by atoms with van der Waals surface area (Å²) >= 11 is 9.14. The molecule has 24 heavy (non-hydrogen) atoms. The summed E-state index contributed by atoms with van der Waals surface area (Å²) in [5, 5.41) is 22.0. The standard InChI is InChI=1S/C17H12BrClN2O3/c1-24-16-6-10(14(18)8-15(16)22)5-11(9-20)17(23)21-13-4-2-3-12(19)7-13/h2-8,22H,1H3,(H,21,23)/b11-5+. The fourth-order valence-corrected chi connectivity index (χ4v) is 2.54. The van der Waals surface area contributed by atoms with Crippen LogP contribution >= 0.6 is 27.5 Å². The van der Waals surface area contributed by atoms with Gasteiger partial charge in [-0.05, 0) is 42.0 Å². The molecule has 7 heteroatoms. The molecule has 1 amide bonds. The van der Waals surface area contributed by atoms with Crippen LogP contribution in [0.5, 0.6) is 11.5 Å². The van der Waals surface area contributed by atoms with Gasteiger partial charge in [0.2, 0.25) is 0 Å². The fourth-order valence-electron chi connectivity index (χ4n) is 1.90. The van der Waals surface area contributed by atoms with Gasteiger partial charge in [0, 0.05) is 15.2 Å². The van der Waals surface area contributed by atoms with E-state index in [4.69, 9.17) is 16.3 Å². The summed E-state index contributed by atoms with van der Waals surface area (Å²) in [7, 11) is 1.41. The quantitative estimate of drug-likeness (QED) is 0.583. The number of benzene rings is 2. The van der Waals surface area contributed by atoms with E-state index in [2.05, 4.69) is 21.2 Å². The summed E-state index contributed by atoms with van der Waals surface area (Å²) in [6.07, 6.45) is 1.39. The molecule has 0 aliphatic heterocycles. The Morgan fingerprint density at radius 3 is 2.79 bits per heavy atom. The fraction of sp³-hybridized carbons (Fsp3) is 0.0588. The molecular weight excluding hydrogens is 396 g/mol. The monoisotopic (exact) mass is 406 g/mol. The third kappa shape index (κ3) is 4.28. The molecule has 0 unspecified atom stereocenters. The lowest BCUT2D eigenvalue weighted by Crippen LogP contribution is -2.13. The number of phenolic OH excluding ortho intramolecular Hbond substituents is 1. The number of anilines is 1. The molecule has 0 aliphatic rings. The predicted octanol–water partition coefficient (Wildman–Crippen LogP) is 4.36. The van der Waals surface area contributed by atoms with Gasteiger partial charge < -0.3 is 15.2 Å². The van der Waals surface area contributed by atoms with Gasteiger partial charge in [0.15, 0.2) is 11.5 Å². The Bertz CT molecular complexity index is 859. The van der Waals surface area contributed by atoms with E-state index in [0.29, 0.717) is 20.7 Å². The minimum Gasteiger partial charge on any atom is -0.504 e. The second-order valence-corrected chi connectivity index (χ2v) is 5.97. The van der Waals surface area contributed by atoms with Crippen LogP contribution in [0.1, 0.15) is 5.56 Å². The Balaban J connectivity index is 2.32. The van der Waals surface area contributed by atoms with Crippen molar-refractivity contribution >= 4 is 45.2 Å². The van der Waals surface area contributed by atoms with E-state index in [1.54, 1.807) is 24.3 Å². The van der Waals surface area contributed by atoms with Gasteiger partial charge in [-0.2, -0.15) is 5.26 Å². The van der Waals surface area contributed by atoms with E-state index in [-0.39, 0.29) is 17.1 Å². The number of hydrogen-bond acceptors (Lipinski definition) is 4. The Labute approximate surface area is 152 Å². The van der Waals surface area contributed by atoms with Crippen LogP contribution in [-0.4, -0.2) is 18.1 Å². The topological polar surface area (TPSA) is 82.3 Å². The van der Waals surface area contributed by atoms with E-state index in [9.17, 15) is 15.2 Å². The smallest absolute Gasteiger partial charge is 0.266 e. The third-order valence-corrected chi connectivity index (χ3v) is 3.97. The van der Waals surface area contributed by atoms with Gasteiger partial charge in [-0.1, -0.05) is 33.6 Å². The van der Waals surface area contributed by atoms with Crippen molar-refractivity contribution in [2.24, 2.45) is 0 Å². The molecule has 0 radical (unpaired) electrons. The first-order valence-corrected chi connectivity index (χ1v) is 7.87. The number of phenols is 1. The maximum atomic E-state index is 12.3. The highest BCUT2D eigenvalue weighted by molar-refractivity contribution is 9.10. The van der Waals surface area contributed by atoms with Crippen molar-refractivity contribution < 1.29 is 14.6 Å². The summed E-state index contributed by atoms with van der Waals surface area (Å²) in [6.45, 7) is 0. The summed E-state index contributed by atoms with van der Waals surface area (Å²) in [4.78, 5) is 12.3. The number of rotatable bonds is 4. The van der Waals surface area contributed by atoms with Gasteiger partial charge >= 0.3 is 0 Å². The Morgan fingerprint density at radius 1 is 1.42 bits per heavy atom. The molecule has 0 aliphatic carbocycles. The summed E-state index contributed by atoms with van der Waals surface area (Å²) in [5.41, 5.74) is 0.891. The number of carbonyl (C=O) groups is 1. The highest BCUT2D eigenvalue weighted by atomic mass is 79.9. The van der Waals surface area contributed by atoms with E-state index in [1.807, 2.05) is 6.07 Å². The van der Waals surface area contributed by atoms with Gasteiger partial charge in [0.1, 0.15) is 11.6 Å². The van der Waals surface area contributed by atoms with Crippen LogP contribution in [0.15, 0.2) is 46.4 Å². The number of aromatic hydroxyl groups is 1. The molecule has 2 aromatic carbocycles. The number of carbonyl (C=O) groups excluding carboxylic acids is 1. The minimum atomic E-state index is -0.571. The largest absolute Gasteiger partial charge is 0.504 e. The van der Waals surface area contributed by atoms with E-state index in [0.717, 1.165) is 0 Å². The number of nitriles is 1. The highest BCUT2D eigenvalue weighted by Crippen LogP contribution is 2.33.